The van der Waals surface area contributed by atoms with Crippen LogP contribution in [0.2, 0.25) is 0 Å². The number of thioether (sulfide) groups is 1. The third-order valence-corrected chi connectivity index (χ3v) is 4.22. The summed E-state index contributed by atoms with van der Waals surface area (Å²) >= 11 is 1.92. The first-order valence-electron chi connectivity index (χ1n) is 6.50. The van der Waals surface area contributed by atoms with E-state index in [1.54, 1.807) is 0 Å². The maximum absolute atomic E-state index is 11.3. The molecule has 1 atom stereocenters. The molecule has 1 aromatic carbocycles. The van der Waals surface area contributed by atoms with E-state index < -0.39 is 0 Å². The van der Waals surface area contributed by atoms with Gasteiger partial charge >= 0.3 is 0 Å². The lowest BCUT2D eigenvalue weighted by molar-refractivity contribution is 0.1000. The van der Waals surface area contributed by atoms with Crippen LogP contribution < -0.4 is 11.1 Å². The standard InChI is InChI=1S/C15H24N2OS/c1-10-6-7-12(8-13(10)14(16)18)17-11(2)9-19-15(3,4)5/h6-8,11,17H,9H2,1-5H3,(H2,16,18)/t11-/m1/s1. The van der Waals surface area contributed by atoms with Gasteiger partial charge in [-0.15, -0.1) is 0 Å². The largest absolute Gasteiger partial charge is 0.382 e. The van der Waals surface area contributed by atoms with Crippen LogP contribution in [0.15, 0.2) is 18.2 Å². The SMILES string of the molecule is Cc1ccc(N[C@H](C)CSC(C)(C)C)cc1C(N)=O. The van der Waals surface area contributed by atoms with E-state index in [9.17, 15) is 4.79 Å². The lowest BCUT2D eigenvalue weighted by atomic mass is 10.1. The number of hydrogen-bond donors (Lipinski definition) is 2. The average Bonchev–Trinajstić information content (AvgIpc) is 2.28. The van der Waals surface area contributed by atoms with E-state index in [0.717, 1.165) is 17.0 Å². The molecule has 19 heavy (non-hydrogen) atoms. The van der Waals surface area contributed by atoms with Crippen LogP contribution in [0.4, 0.5) is 5.69 Å². The van der Waals surface area contributed by atoms with Crippen LogP contribution in [-0.4, -0.2) is 22.4 Å². The molecule has 0 radical (unpaired) electrons. The Morgan fingerprint density at radius 1 is 1.42 bits per heavy atom. The minimum absolute atomic E-state index is 0.265. The first-order valence-corrected chi connectivity index (χ1v) is 7.48. The van der Waals surface area contributed by atoms with Gasteiger partial charge < -0.3 is 11.1 Å². The summed E-state index contributed by atoms with van der Waals surface area (Å²) in [6.07, 6.45) is 0. The highest BCUT2D eigenvalue weighted by Gasteiger charge is 2.13. The number of hydrogen-bond acceptors (Lipinski definition) is 3. The van der Waals surface area contributed by atoms with Gasteiger partial charge in [0, 0.05) is 27.8 Å². The molecule has 0 spiro atoms. The topological polar surface area (TPSA) is 55.1 Å². The zero-order valence-electron chi connectivity index (χ0n) is 12.4. The number of amides is 1. The molecule has 0 aliphatic heterocycles. The average molecular weight is 280 g/mol. The third kappa shape index (κ3) is 5.55. The molecule has 0 fully saturated rings. The Morgan fingerprint density at radius 2 is 2.05 bits per heavy atom. The van der Waals surface area contributed by atoms with E-state index in [1.807, 2.05) is 36.9 Å². The summed E-state index contributed by atoms with van der Waals surface area (Å²) in [5.41, 5.74) is 7.80. The fourth-order valence-electron chi connectivity index (χ4n) is 1.68. The second-order valence-electron chi connectivity index (χ2n) is 5.86. The number of nitrogens with one attached hydrogen (secondary N) is 1. The van der Waals surface area contributed by atoms with Gasteiger partial charge in [-0.1, -0.05) is 26.8 Å². The summed E-state index contributed by atoms with van der Waals surface area (Å²) in [7, 11) is 0. The fraction of sp³-hybridized carbons (Fsp3) is 0.533. The predicted octanol–water partition coefficient (Wildman–Crippen LogP) is 3.43. The zero-order valence-corrected chi connectivity index (χ0v) is 13.2. The molecule has 0 heterocycles. The maximum atomic E-state index is 11.3. The molecule has 0 aliphatic carbocycles. The number of anilines is 1. The molecule has 0 saturated heterocycles. The van der Waals surface area contributed by atoms with Crippen LogP contribution in [0.5, 0.6) is 0 Å². The molecule has 0 bridgehead atoms. The normalized spacial score (nSPS) is 13.1. The van der Waals surface area contributed by atoms with E-state index in [0.29, 0.717) is 11.6 Å². The number of primary amides is 1. The minimum Gasteiger partial charge on any atom is -0.382 e. The summed E-state index contributed by atoms with van der Waals surface area (Å²) in [6, 6.07) is 6.08. The molecular weight excluding hydrogens is 256 g/mol. The lowest BCUT2D eigenvalue weighted by Crippen LogP contribution is -2.22. The van der Waals surface area contributed by atoms with Crippen molar-refractivity contribution in [3.8, 4) is 0 Å². The molecule has 1 rings (SSSR count). The van der Waals surface area contributed by atoms with Gasteiger partial charge in [0.15, 0.2) is 0 Å². The fourth-order valence-corrected chi connectivity index (χ4v) is 2.51. The Balaban J connectivity index is 2.67. The predicted molar refractivity (Wildman–Crippen MR) is 85.0 cm³/mol. The highest BCUT2D eigenvalue weighted by Crippen LogP contribution is 2.25. The smallest absolute Gasteiger partial charge is 0.249 e. The molecule has 1 aromatic rings. The van der Waals surface area contributed by atoms with E-state index in [4.69, 9.17) is 5.73 Å². The van der Waals surface area contributed by atoms with Crippen LogP contribution in [0.25, 0.3) is 0 Å². The molecule has 106 valence electrons. The van der Waals surface area contributed by atoms with Gasteiger partial charge in [0.2, 0.25) is 5.91 Å². The second-order valence-corrected chi connectivity index (χ2v) is 7.71. The lowest BCUT2D eigenvalue weighted by Gasteiger charge is -2.22. The van der Waals surface area contributed by atoms with Crippen molar-refractivity contribution in [2.45, 2.75) is 45.4 Å². The number of nitrogens with two attached hydrogens (primary N) is 1. The van der Waals surface area contributed by atoms with Crippen molar-refractivity contribution in [2.75, 3.05) is 11.1 Å². The van der Waals surface area contributed by atoms with Gasteiger partial charge in [0.05, 0.1) is 0 Å². The second kappa shape index (κ2) is 6.33. The van der Waals surface area contributed by atoms with Crippen molar-refractivity contribution in [1.29, 1.82) is 0 Å². The minimum atomic E-state index is -0.377. The highest BCUT2D eigenvalue weighted by molar-refractivity contribution is 8.00. The van der Waals surface area contributed by atoms with Gasteiger partial charge in [-0.3, -0.25) is 4.79 Å². The van der Waals surface area contributed by atoms with Gasteiger partial charge in [-0.05, 0) is 31.5 Å². The zero-order chi connectivity index (χ0) is 14.6. The summed E-state index contributed by atoms with van der Waals surface area (Å²) in [5, 5.41) is 3.41. The van der Waals surface area contributed by atoms with Crippen molar-refractivity contribution < 1.29 is 4.79 Å². The molecule has 3 N–H and O–H groups in total. The number of rotatable bonds is 5. The van der Waals surface area contributed by atoms with Crippen molar-refractivity contribution >= 4 is 23.4 Å². The number of aryl methyl sites for hydroxylation is 1. The molecule has 0 unspecified atom stereocenters. The molecule has 4 heteroatoms. The summed E-state index contributed by atoms with van der Waals surface area (Å²) < 4.78 is 0.265. The van der Waals surface area contributed by atoms with Crippen molar-refractivity contribution in [3.63, 3.8) is 0 Å². The van der Waals surface area contributed by atoms with Gasteiger partial charge in [-0.2, -0.15) is 11.8 Å². The van der Waals surface area contributed by atoms with E-state index in [-0.39, 0.29) is 10.7 Å². The molecule has 0 aromatic heterocycles. The van der Waals surface area contributed by atoms with E-state index in [1.165, 1.54) is 0 Å². The molecule has 0 aliphatic rings. The molecule has 0 saturated carbocycles. The van der Waals surface area contributed by atoms with Crippen LogP contribution in [0.1, 0.15) is 43.6 Å². The Bertz CT molecular complexity index is 452. The monoisotopic (exact) mass is 280 g/mol. The quantitative estimate of drug-likeness (QED) is 0.869. The first kappa shape index (κ1) is 15.9. The van der Waals surface area contributed by atoms with Gasteiger partial charge in [-0.25, -0.2) is 0 Å². The Hall–Kier alpha value is -1.16. The number of benzene rings is 1. The van der Waals surface area contributed by atoms with Gasteiger partial charge in [0.1, 0.15) is 0 Å². The van der Waals surface area contributed by atoms with Crippen molar-refractivity contribution in [2.24, 2.45) is 5.73 Å². The first-order chi connectivity index (χ1) is 8.69. The summed E-state index contributed by atoms with van der Waals surface area (Å²) in [6.45, 7) is 10.7. The van der Waals surface area contributed by atoms with Gasteiger partial charge in [0.25, 0.3) is 0 Å². The third-order valence-electron chi connectivity index (χ3n) is 2.68. The van der Waals surface area contributed by atoms with Crippen LogP contribution in [0, 0.1) is 6.92 Å². The van der Waals surface area contributed by atoms with Crippen LogP contribution >= 0.6 is 11.8 Å². The van der Waals surface area contributed by atoms with Crippen LogP contribution in [0.3, 0.4) is 0 Å². The molecular formula is C15H24N2OS. The maximum Gasteiger partial charge on any atom is 0.249 e. The van der Waals surface area contributed by atoms with Crippen molar-refractivity contribution in [3.05, 3.63) is 29.3 Å². The number of carbonyl (C=O) groups is 1. The Labute approximate surface area is 120 Å². The Morgan fingerprint density at radius 3 is 2.58 bits per heavy atom. The van der Waals surface area contributed by atoms with E-state index in [2.05, 4.69) is 33.0 Å². The molecule has 1 amide bonds. The summed E-state index contributed by atoms with van der Waals surface area (Å²) in [5.74, 6) is 0.640. The van der Waals surface area contributed by atoms with E-state index >= 15 is 0 Å². The van der Waals surface area contributed by atoms with Crippen LogP contribution in [-0.2, 0) is 0 Å². The molecule has 3 nitrogen and oxygen atoms in total. The van der Waals surface area contributed by atoms with Crippen molar-refractivity contribution in [1.82, 2.24) is 0 Å². The number of carbonyl (C=O) groups excluding carboxylic acids is 1. The Kier molecular flexibility index (Phi) is 5.29. The summed E-state index contributed by atoms with van der Waals surface area (Å²) in [4.78, 5) is 11.3. The highest BCUT2D eigenvalue weighted by atomic mass is 32.2.